The van der Waals surface area contributed by atoms with Gasteiger partial charge in [-0.05, 0) is 42.8 Å². The molecular formula is C19H20Cl2N2O5S. The van der Waals surface area contributed by atoms with E-state index in [0.717, 1.165) is 0 Å². The molecule has 0 unspecified atom stereocenters. The lowest BCUT2D eigenvalue weighted by molar-refractivity contribution is -0.118. The maximum Gasteiger partial charge on any atom is 0.262 e. The SMILES string of the molecule is Cc1cc(S(=O)(=O)N2CCOCC2)ccc1OCC(=O)Nc1cccc(Cl)c1Cl. The fraction of sp³-hybridized carbons (Fsp3) is 0.316. The Kier molecular flexibility index (Phi) is 7.02. The summed E-state index contributed by atoms with van der Waals surface area (Å²) in [6.07, 6.45) is 0. The van der Waals surface area contributed by atoms with Crippen LogP contribution in [0.15, 0.2) is 41.3 Å². The molecule has 0 spiro atoms. The van der Waals surface area contributed by atoms with Crippen LogP contribution in [0.3, 0.4) is 0 Å². The molecule has 0 bridgehead atoms. The zero-order valence-corrected chi connectivity index (χ0v) is 18.0. The molecule has 1 saturated heterocycles. The first kappa shape index (κ1) is 21.9. The second-order valence-electron chi connectivity index (χ2n) is 6.38. The fourth-order valence-corrected chi connectivity index (χ4v) is 4.65. The van der Waals surface area contributed by atoms with Crippen LogP contribution in [0.4, 0.5) is 5.69 Å². The van der Waals surface area contributed by atoms with Crippen LogP contribution >= 0.6 is 23.2 Å². The zero-order valence-electron chi connectivity index (χ0n) is 15.7. The van der Waals surface area contributed by atoms with Crippen LogP contribution in [-0.4, -0.2) is 51.5 Å². The van der Waals surface area contributed by atoms with Gasteiger partial charge >= 0.3 is 0 Å². The molecule has 1 heterocycles. The number of morpholine rings is 1. The summed E-state index contributed by atoms with van der Waals surface area (Å²) in [5.41, 5.74) is 0.990. The fourth-order valence-electron chi connectivity index (χ4n) is 2.81. The number of sulfonamides is 1. The van der Waals surface area contributed by atoms with Crippen molar-refractivity contribution in [1.29, 1.82) is 0 Å². The minimum atomic E-state index is -3.59. The van der Waals surface area contributed by atoms with Crippen LogP contribution in [0.25, 0.3) is 0 Å². The van der Waals surface area contributed by atoms with Crippen molar-refractivity contribution in [3.63, 3.8) is 0 Å². The van der Waals surface area contributed by atoms with E-state index < -0.39 is 15.9 Å². The average molecular weight is 459 g/mol. The number of amides is 1. The van der Waals surface area contributed by atoms with Gasteiger partial charge in [0.25, 0.3) is 5.91 Å². The molecule has 2 aromatic rings. The summed E-state index contributed by atoms with van der Waals surface area (Å²) >= 11 is 12.0. The summed E-state index contributed by atoms with van der Waals surface area (Å²) in [5, 5.41) is 3.20. The number of benzene rings is 2. The molecule has 1 aliphatic heterocycles. The van der Waals surface area contributed by atoms with Gasteiger partial charge in [0.05, 0.1) is 33.8 Å². The summed E-state index contributed by atoms with van der Waals surface area (Å²) in [4.78, 5) is 12.3. The Morgan fingerprint density at radius 2 is 1.93 bits per heavy atom. The lowest BCUT2D eigenvalue weighted by atomic mass is 10.2. The van der Waals surface area contributed by atoms with E-state index in [1.807, 2.05) is 0 Å². The van der Waals surface area contributed by atoms with Crippen molar-refractivity contribution in [3.8, 4) is 5.75 Å². The second-order valence-corrected chi connectivity index (χ2v) is 9.11. The molecule has 1 fully saturated rings. The molecule has 0 aromatic heterocycles. The first-order chi connectivity index (χ1) is 13.8. The Morgan fingerprint density at radius 1 is 1.21 bits per heavy atom. The van der Waals surface area contributed by atoms with Crippen LogP contribution < -0.4 is 10.1 Å². The highest BCUT2D eigenvalue weighted by molar-refractivity contribution is 7.89. The van der Waals surface area contributed by atoms with Crippen molar-refractivity contribution in [1.82, 2.24) is 4.31 Å². The highest BCUT2D eigenvalue weighted by atomic mass is 35.5. The van der Waals surface area contributed by atoms with Gasteiger partial charge in [0, 0.05) is 13.1 Å². The second kappa shape index (κ2) is 9.32. The third-order valence-electron chi connectivity index (χ3n) is 4.34. The Morgan fingerprint density at radius 3 is 2.62 bits per heavy atom. The largest absolute Gasteiger partial charge is 0.483 e. The molecule has 1 amide bonds. The van der Waals surface area contributed by atoms with Crippen molar-refractivity contribution in [3.05, 3.63) is 52.0 Å². The minimum Gasteiger partial charge on any atom is -0.483 e. The molecule has 156 valence electrons. The lowest BCUT2D eigenvalue weighted by Gasteiger charge is -2.26. The van der Waals surface area contributed by atoms with Crippen molar-refractivity contribution >= 4 is 44.8 Å². The van der Waals surface area contributed by atoms with Gasteiger partial charge in [0.15, 0.2) is 6.61 Å². The predicted octanol–water partition coefficient (Wildman–Crippen LogP) is 3.34. The normalized spacial score (nSPS) is 15.1. The quantitative estimate of drug-likeness (QED) is 0.717. The number of anilines is 1. The van der Waals surface area contributed by atoms with Gasteiger partial charge in [-0.3, -0.25) is 4.79 Å². The van der Waals surface area contributed by atoms with Gasteiger partial charge in [0.2, 0.25) is 10.0 Å². The molecule has 0 aliphatic carbocycles. The van der Waals surface area contributed by atoms with Crippen LogP contribution in [-0.2, 0) is 19.6 Å². The molecule has 3 rings (SSSR count). The third kappa shape index (κ3) is 5.21. The molecule has 1 aliphatic rings. The van der Waals surface area contributed by atoms with Gasteiger partial charge in [0.1, 0.15) is 5.75 Å². The van der Waals surface area contributed by atoms with E-state index in [1.54, 1.807) is 31.2 Å². The molecule has 1 N–H and O–H groups in total. The number of hydrogen-bond donors (Lipinski definition) is 1. The van der Waals surface area contributed by atoms with Crippen LogP contribution in [0.5, 0.6) is 5.75 Å². The molecule has 10 heteroatoms. The summed E-state index contributed by atoms with van der Waals surface area (Å²) in [6.45, 7) is 2.87. The number of aryl methyl sites for hydroxylation is 1. The number of halogens is 2. The Hall–Kier alpha value is -1.84. The Bertz CT molecular complexity index is 1010. The number of carbonyl (C=O) groups is 1. The molecule has 29 heavy (non-hydrogen) atoms. The van der Waals surface area contributed by atoms with E-state index in [0.29, 0.717) is 48.3 Å². The van der Waals surface area contributed by atoms with Crippen molar-refractivity contribution < 1.29 is 22.7 Å². The predicted molar refractivity (Wildman–Crippen MR) is 111 cm³/mol. The molecule has 0 saturated carbocycles. The zero-order chi connectivity index (χ0) is 21.0. The first-order valence-electron chi connectivity index (χ1n) is 8.84. The van der Waals surface area contributed by atoms with E-state index in [2.05, 4.69) is 5.32 Å². The van der Waals surface area contributed by atoms with Crippen LogP contribution in [0.1, 0.15) is 5.56 Å². The van der Waals surface area contributed by atoms with E-state index >= 15 is 0 Å². The maximum absolute atomic E-state index is 12.7. The minimum absolute atomic E-state index is 0.180. The first-order valence-corrected chi connectivity index (χ1v) is 11.0. The van der Waals surface area contributed by atoms with Crippen LogP contribution in [0.2, 0.25) is 10.0 Å². The molecule has 0 radical (unpaired) electrons. The number of hydrogen-bond acceptors (Lipinski definition) is 5. The highest BCUT2D eigenvalue weighted by Crippen LogP contribution is 2.29. The van der Waals surface area contributed by atoms with Crippen LogP contribution in [0, 0.1) is 6.92 Å². The smallest absolute Gasteiger partial charge is 0.262 e. The number of carbonyl (C=O) groups excluding carboxylic acids is 1. The molecule has 0 atom stereocenters. The highest BCUT2D eigenvalue weighted by Gasteiger charge is 2.26. The van der Waals surface area contributed by atoms with E-state index in [4.69, 9.17) is 32.7 Å². The summed E-state index contributed by atoms with van der Waals surface area (Å²) in [5.74, 6) is -0.00292. The van der Waals surface area contributed by atoms with E-state index in [9.17, 15) is 13.2 Å². The number of nitrogens with zero attached hydrogens (tertiary/aromatic N) is 1. The maximum atomic E-state index is 12.7. The standard InChI is InChI=1S/C19H20Cl2N2O5S/c1-13-11-14(29(25,26)23-7-9-27-10-8-23)5-6-17(13)28-12-18(24)22-16-4-2-3-15(20)19(16)21/h2-6,11H,7-10,12H2,1H3,(H,22,24). The Labute approximate surface area is 179 Å². The third-order valence-corrected chi connectivity index (χ3v) is 7.05. The average Bonchev–Trinajstić information content (AvgIpc) is 2.71. The number of ether oxygens (including phenoxy) is 2. The summed E-state index contributed by atoms with van der Waals surface area (Å²) in [6, 6.07) is 9.46. The van der Waals surface area contributed by atoms with Gasteiger partial charge in [-0.25, -0.2) is 8.42 Å². The van der Waals surface area contributed by atoms with E-state index in [1.165, 1.54) is 16.4 Å². The topological polar surface area (TPSA) is 84.9 Å². The summed E-state index contributed by atoms with van der Waals surface area (Å²) in [7, 11) is -3.59. The molecule has 7 nitrogen and oxygen atoms in total. The van der Waals surface area contributed by atoms with Gasteiger partial charge in [-0.2, -0.15) is 4.31 Å². The molecule has 2 aromatic carbocycles. The lowest BCUT2D eigenvalue weighted by Crippen LogP contribution is -2.40. The monoisotopic (exact) mass is 458 g/mol. The number of rotatable bonds is 6. The van der Waals surface area contributed by atoms with Crippen molar-refractivity contribution in [2.75, 3.05) is 38.2 Å². The van der Waals surface area contributed by atoms with E-state index in [-0.39, 0.29) is 16.5 Å². The molecular weight excluding hydrogens is 439 g/mol. The van der Waals surface area contributed by atoms with Crippen molar-refractivity contribution in [2.24, 2.45) is 0 Å². The van der Waals surface area contributed by atoms with Gasteiger partial charge in [-0.1, -0.05) is 29.3 Å². The van der Waals surface area contributed by atoms with Crippen molar-refractivity contribution in [2.45, 2.75) is 11.8 Å². The Balaban J connectivity index is 1.65. The van der Waals surface area contributed by atoms with Gasteiger partial charge < -0.3 is 14.8 Å². The summed E-state index contributed by atoms with van der Waals surface area (Å²) < 4.78 is 37.6. The number of nitrogens with one attached hydrogen (secondary N) is 1. The van der Waals surface area contributed by atoms with Gasteiger partial charge in [-0.15, -0.1) is 0 Å².